The summed E-state index contributed by atoms with van der Waals surface area (Å²) in [4.78, 5) is 12.0. The lowest BCUT2D eigenvalue weighted by molar-refractivity contribution is -0.197. The van der Waals surface area contributed by atoms with E-state index in [-0.39, 0.29) is 11.9 Å². The Morgan fingerprint density at radius 3 is 2.79 bits per heavy atom. The molecule has 2 saturated heterocycles. The number of hydrogen-bond acceptors (Lipinski definition) is 3. The van der Waals surface area contributed by atoms with Crippen LogP contribution in [0.15, 0.2) is 30.3 Å². The molecule has 0 aromatic heterocycles. The van der Waals surface area contributed by atoms with Gasteiger partial charge in [-0.15, -0.1) is 0 Å². The third-order valence-electron chi connectivity index (χ3n) is 4.42. The van der Waals surface area contributed by atoms with Crippen LogP contribution in [-0.2, 0) is 20.9 Å². The Morgan fingerprint density at radius 1 is 1.32 bits per heavy atom. The zero-order valence-corrected chi connectivity index (χ0v) is 11.5. The van der Waals surface area contributed by atoms with E-state index in [1.807, 2.05) is 32.0 Å². The van der Waals surface area contributed by atoms with Crippen LogP contribution in [0.4, 0.5) is 0 Å². The zero-order chi connectivity index (χ0) is 13.5. The Labute approximate surface area is 113 Å². The van der Waals surface area contributed by atoms with E-state index in [4.69, 9.17) is 9.47 Å². The molecule has 0 spiro atoms. The first kappa shape index (κ1) is 12.8. The molecular formula is C16H20O3. The highest BCUT2D eigenvalue weighted by Crippen LogP contribution is 2.46. The van der Waals surface area contributed by atoms with Crippen molar-refractivity contribution >= 4 is 5.78 Å². The van der Waals surface area contributed by atoms with E-state index in [1.165, 1.54) is 0 Å². The van der Waals surface area contributed by atoms with Crippen molar-refractivity contribution in [3.63, 3.8) is 0 Å². The highest BCUT2D eigenvalue weighted by Gasteiger charge is 2.57. The average molecular weight is 260 g/mol. The standard InChI is InChI=1S/C16H20O3/c1-15-9-8-14(16(2,19-15)10-13(15)17)18-11-12-6-4-3-5-7-12/h3-7,14H,8-11H2,1-2H3/t14-,15+,16+/m1/s1. The first-order valence-electron chi connectivity index (χ1n) is 6.91. The number of ketones is 1. The van der Waals surface area contributed by atoms with Crippen molar-refractivity contribution in [2.75, 3.05) is 0 Å². The first-order valence-corrected chi connectivity index (χ1v) is 6.91. The molecule has 0 unspecified atom stereocenters. The minimum absolute atomic E-state index is 0.00670. The lowest BCUT2D eigenvalue weighted by atomic mass is 9.92. The van der Waals surface area contributed by atoms with Gasteiger partial charge in [0, 0.05) is 6.42 Å². The Kier molecular flexibility index (Phi) is 2.99. The Bertz CT molecular complexity index is 484. The zero-order valence-electron chi connectivity index (χ0n) is 11.5. The van der Waals surface area contributed by atoms with Crippen LogP contribution in [0.5, 0.6) is 0 Å². The molecule has 2 aliphatic heterocycles. The molecule has 0 amide bonds. The van der Waals surface area contributed by atoms with E-state index >= 15 is 0 Å². The smallest absolute Gasteiger partial charge is 0.167 e. The summed E-state index contributed by atoms with van der Waals surface area (Å²) in [7, 11) is 0. The van der Waals surface area contributed by atoms with E-state index in [1.54, 1.807) is 0 Å². The third-order valence-corrected chi connectivity index (χ3v) is 4.42. The number of benzene rings is 1. The maximum atomic E-state index is 12.0. The molecule has 1 aromatic carbocycles. The Hall–Kier alpha value is -1.19. The second kappa shape index (κ2) is 4.43. The molecule has 102 valence electrons. The molecule has 2 fully saturated rings. The van der Waals surface area contributed by atoms with Crippen LogP contribution in [-0.4, -0.2) is 23.1 Å². The van der Waals surface area contributed by atoms with Crippen LogP contribution >= 0.6 is 0 Å². The van der Waals surface area contributed by atoms with Gasteiger partial charge in [0.2, 0.25) is 0 Å². The summed E-state index contributed by atoms with van der Waals surface area (Å²) in [6.45, 7) is 4.49. The number of carbonyl (C=O) groups is 1. The summed E-state index contributed by atoms with van der Waals surface area (Å²) in [5.74, 6) is 0.223. The van der Waals surface area contributed by atoms with Gasteiger partial charge in [0.15, 0.2) is 5.78 Å². The molecule has 0 aliphatic carbocycles. The molecule has 2 bridgehead atoms. The maximum absolute atomic E-state index is 12.0. The Morgan fingerprint density at radius 2 is 2.05 bits per heavy atom. The van der Waals surface area contributed by atoms with Gasteiger partial charge in [0.05, 0.1) is 18.3 Å². The molecule has 0 radical (unpaired) electrons. The molecular weight excluding hydrogens is 240 g/mol. The second-order valence-electron chi connectivity index (χ2n) is 6.07. The lowest BCUT2D eigenvalue weighted by Gasteiger charge is -2.40. The minimum Gasteiger partial charge on any atom is -0.371 e. The molecule has 2 aliphatic rings. The summed E-state index contributed by atoms with van der Waals surface area (Å²) < 4.78 is 12.0. The quantitative estimate of drug-likeness (QED) is 0.838. The van der Waals surface area contributed by atoms with Crippen molar-refractivity contribution in [2.45, 2.75) is 57.0 Å². The van der Waals surface area contributed by atoms with Crippen molar-refractivity contribution in [1.29, 1.82) is 0 Å². The first-order chi connectivity index (χ1) is 9.02. The fourth-order valence-electron chi connectivity index (χ4n) is 3.23. The predicted octanol–water partition coefficient (Wildman–Crippen LogP) is 2.87. The summed E-state index contributed by atoms with van der Waals surface area (Å²) in [5.41, 5.74) is 0.143. The fraction of sp³-hybridized carbons (Fsp3) is 0.562. The van der Waals surface area contributed by atoms with Crippen molar-refractivity contribution in [3.8, 4) is 0 Å². The largest absolute Gasteiger partial charge is 0.371 e. The fourth-order valence-corrected chi connectivity index (χ4v) is 3.23. The van der Waals surface area contributed by atoms with Crippen molar-refractivity contribution in [1.82, 2.24) is 0 Å². The van der Waals surface area contributed by atoms with E-state index in [0.29, 0.717) is 13.0 Å². The van der Waals surface area contributed by atoms with Crippen LogP contribution in [0.25, 0.3) is 0 Å². The monoisotopic (exact) mass is 260 g/mol. The van der Waals surface area contributed by atoms with Gasteiger partial charge in [-0.3, -0.25) is 4.79 Å². The molecule has 3 rings (SSSR count). The number of carbonyl (C=O) groups excluding carboxylic acids is 1. The number of fused-ring (bicyclic) bond motifs is 2. The molecule has 1 aromatic rings. The number of Topliss-reactive ketones (excluding diaryl/α,β-unsaturated/α-hetero) is 1. The molecule has 0 saturated carbocycles. The SMILES string of the molecule is C[C@]12CC[C@@H](OCc3ccccc3)[C@](C)(CC1=O)O2. The van der Waals surface area contributed by atoms with E-state index in [2.05, 4.69) is 12.1 Å². The highest BCUT2D eigenvalue weighted by atomic mass is 16.6. The van der Waals surface area contributed by atoms with Gasteiger partial charge in [-0.2, -0.15) is 0 Å². The van der Waals surface area contributed by atoms with Gasteiger partial charge >= 0.3 is 0 Å². The lowest BCUT2D eigenvalue weighted by Crippen LogP contribution is -2.48. The topological polar surface area (TPSA) is 35.5 Å². The van der Waals surface area contributed by atoms with E-state index < -0.39 is 11.2 Å². The van der Waals surface area contributed by atoms with Crippen molar-refractivity contribution in [2.24, 2.45) is 0 Å². The van der Waals surface area contributed by atoms with Crippen LogP contribution in [0, 0.1) is 0 Å². The third kappa shape index (κ3) is 2.21. The Balaban J connectivity index is 1.68. The van der Waals surface area contributed by atoms with Gasteiger partial charge in [-0.25, -0.2) is 0 Å². The van der Waals surface area contributed by atoms with Crippen LogP contribution in [0.3, 0.4) is 0 Å². The van der Waals surface area contributed by atoms with Crippen LogP contribution < -0.4 is 0 Å². The summed E-state index contributed by atoms with van der Waals surface area (Å²) >= 11 is 0. The van der Waals surface area contributed by atoms with Gasteiger partial charge in [0.25, 0.3) is 0 Å². The van der Waals surface area contributed by atoms with Gasteiger partial charge in [-0.05, 0) is 32.3 Å². The van der Waals surface area contributed by atoms with Crippen molar-refractivity contribution < 1.29 is 14.3 Å². The number of rotatable bonds is 3. The normalized spacial score (nSPS) is 37.6. The number of hydrogen-bond donors (Lipinski definition) is 0. The summed E-state index contributed by atoms with van der Waals surface area (Å²) in [5, 5.41) is 0. The summed E-state index contributed by atoms with van der Waals surface area (Å²) in [6, 6.07) is 10.1. The molecule has 0 N–H and O–H groups in total. The second-order valence-corrected chi connectivity index (χ2v) is 6.07. The average Bonchev–Trinajstić information content (AvgIpc) is 2.56. The van der Waals surface area contributed by atoms with Crippen LogP contribution in [0.2, 0.25) is 0 Å². The predicted molar refractivity (Wildman–Crippen MR) is 71.8 cm³/mol. The van der Waals surface area contributed by atoms with Gasteiger partial charge in [-0.1, -0.05) is 30.3 Å². The minimum atomic E-state index is -0.568. The molecule has 19 heavy (non-hydrogen) atoms. The number of ether oxygens (including phenoxy) is 2. The van der Waals surface area contributed by atoms with Gasteiger partial charge in [0.1, 0.15) is 5.60 Å². The van der Waals surface area contributed by atoms with Gasteiger partial charge < -0.3 is 9.47 Å². The molecule has 3 nitrogen and oxygen atoms in total. The molecule has 2 heterocycles. The van der Waals surface area contributed by atoms with Crippen molar-refractivity contribution in [3.05, 3.63) is 35.9 Å². The maximum Gasteiger partial charge on any atom is 0.167 e. The summed E-state index contributed by atoms with van der Waals surface area (Å²) in [6.07, 6.45) is 2.14. The van der Waals surface area contributed by atoms with E-state index in [0.717, 1.165) is 18.4 Å². The van der Waals surface area contributed by atoms with E-state index in [9.17, 15) is 4.79 Å². The van der Waals surface area contributed by atoms with Crippen LogP contribution in [0.1, 0.15) is 38.7 Å². The molecule has 3 heteroatoms. The highest BCUT2D eigenvalue weighted by molar-refractivity contribution is 5.90. The molecule has 3 atom stereocenters.